The van der Waals surface area contributed by atoms with Crippen LogP contribution in [-0.4, -0.2) is 23.6 Å². The fourth-order valence-electron chi connectivity index (χ4n) is 2.20. The van der Waals surface area contributed by atoms with Gasteiger partial charge in [-0.05, 0) is 36.2 Å². The van der Waals surface area contributed by atoms with Crippen molar-refractivity contribution in [3.8, 4) is 17.0 Å². The summed E-state index contributed by atoms with van der Waals surface area (Å²) in [5.41, 5.74) is 2.56. The van der Waals surface area contributed by atoms with Gasteiger partial charge in [-0.1, -0.05) is 0 Å². The summed E-state index contributed by atoms with van der Waals surface area (Å²) in [5, 5.41) is 3.12. The number of aromatic nitrogens is 2. The number of benzene rings is 1. The third kappa shape index (κ3) is 1.73. The van der Waals surface area contributed by atoms with Crippen molar-refractivity contribution in [2.75, 3.05) is 19.0 Å². The first-order chi connectivity index (χ1) is 8.78. The summed E-state index contributed by atoms with van der Waals surface area (Å²) in [4.78, 5) is 18.3. The van der Waals surface area contributed by atoms with Gasteiger partial charge in [0.1, 0.15) is 11.6 Å². The average molecular weight is 243 g/mol. The summed E-state index contributed by atoms with van der Waals surface area (Å²) < 4.78 is 5.12. The van der Waals surface area contributed by atoms with Gasteiger partial charge in [-0.25, -0.2) is 4.79 Å². The van der Waals surface area contributed by atoms with E-state index in [2.05, 4.69) is 15.3 Å². The van der Waals surface area contributed by atoms with Crippen molar-refractivity contribution in [2.45, 2.75) is 6.42 Å². The minimum Gasteiger partial charge on any atom is -0.497 e. The maximum atomic E-state index is 11.5. The van der Waals surface area contributed by atoms with E-state index in [0.717, 1.165) is 35.5 Å². The first-order valence-corrected chi connectivity index (χ1v) is 5.79. The lowest BCUT2D eigenvalue weighted by Gasteiger charge is -2.07. The fraction of sp³-hybridized carbons (Fsp3) is 0.231. The molecule has 2 N–H and O–H groups in total. The van der Waals surface area contributed by atoms with Crippen LogP contribution in [0.2, 0.25) is 0 Å². The molecule has 92 valence electrons. The third-order valence-corrected chi connectivity index (χ3v) is 3.08. The molecule has 0 spiro atoms. The predicted octanol–water partition coefficient (Wildman–Crippen LogP) is 1.41. The number of aromatic amines is 1. The standard InChI is InChI=1S/C13H13N3O2/c1-18-9-4-2-8(3-5-9)11-10-6-7-14-12(10)16-13(17)15-11/h2-5H,6-7H2,1H3,(H2,14,15,16,17). The van der Waals surface area contributed by atoms with Crippen LogP contribution in [0.1, 0.15) is 5.56 Å². The van der Waals surface area contributed by atoms with Gasteiger partial charge in [0, 0.05) is 12.1 Å². The van der Waals surface area contributed by atoms with Gasteiger partial charge in [0.05, 0.1) is 12.8 Å². The maximum Gasteiger partial charge on any atom is 0.347 e. The Kier molecular flexibility index (Phi) is 2.51. The molecule has 3 rings (SSSR count). The van der Waals surface area contributed by atoms with E-state index < -0.39 is 0 Å². The Bertz CT molecular complexity index is 632. The number of hydrogen-bond donors (Lipinski definition) is 2. The molecule has 5 heteroatoms. The highest BCUT2D eigenvalue weighted by Crippen LogP contribution is 2.29. The number of H-pyrrole nitrogens is 1. The van der Waals surface area contributed by atoms with Gasteiger partial charge >= 0.3 is 5.69 Å². The highest BCUT2D eigenvalue weighted by Gasteiger charge is 2.18. The summed E-state index contributed by atoms with van der Waals surface area (Å²) in [6.45, 7) is 0.822. The zero-order chi connectivity index (χ0) is 12.5. The van der Waals surface area contributed by atoms with E-state index >= 15 is 0 Å². The normalized spacial score (nSPS) is 12.9. The summed E-state index contributed by atoms with van der Waals surface area (Å²) in [6.07, 6.45) is 0.875. The van der Waals surface area contributed by atoms with E-state index in [1.54, 1.807) is 7.11 Å². The average Bonchev–Trinajstić information content (AvgIpc) is 2.86. The predicted molar refractivity (Wildman–Crippen MR) is 69.0 cm³/mol. The summed E-state index contributed by atoms with van der Waals surface area (Å²) in [6, 6.07) is 7.62. The van der Waals surface area contributed by atoms with Crippen LogP contribution in [-0.2, 0) is 6.42 Å². The number of fused-ring (bicyclic) bond motifs is 1. The number of methoxy groups -OCH3 is 1. The summed E-state index contributed by atoms with van der Waals surface area (Å²) in [7, 11) is 1.63. The SMILES string of the molecule is COc1ccc(-c2[nH]c(=O)nc3c2CCN3)cc1. The van der Waals surface area contributed by atoms with Crippen LogP contribution in [0.5, 0.6) is 5.75 Å². The summed E-state index contributed by atoms with van der Waals surface area (Å²) >= 11 is 0. The Morgan fingerprint density at radius 3 is 2.78 bits per heavy atom. The van der Waals surface area contributed by atoms with Crippen molar-refractivity contribution in [1.82, 2.24) is 9.97 Å². The van der Waals surface area contributed by atoms with Gasteiger partial charge in [0.25, 0.3) is 0 Å². The monoisotopic (exact) mass is 243 g/mol. The van der Waals surface area contributed by atoms with E-state index in [4.69, 9.17) is 4.74 Å². The van der Waals surface area contributed by atoms with Crippen molar-refractivity contribution >= 4 is 5.82 Å². The maximum absolute atomic E-state index is 11.5. The third-order valence-electron chi connectivity index (χ3n) is 3.08. The van der Waals surface area contributed by atoms with Gasteiger partial charge in [0.2, 0.25) is 0 Å². The molecule has 0 amide bonds. The van der Waals surface area contributed by atoms with Gasteiger partial charge < -0.3 is 15.0 Å². The summed E-state index contributed by atoms with van der Waals surface area (Å²) in [5.74, 6) is 1.49. The smallest absolute Gasteiger partial charge is 0.347 e. The quantitative estimate of drug-likeness (QED) is 0.837. The Morgan fingerprint density at radius 2 is 2.06 bits per heavy atom. The molecule has 1 aromatic heterocycles. The van der Waals surface area contributed by atoms with Crippen LogP contribution in [0.25, 0.3) is 11.3 Å². The van der Waals surface area contributed by atoms with E-state index in [9.17, 15) is 4.79 Å². The second-order valence-corrected chi connectivity index (χ2v) is 4.15. The van der Waals surface area contributed by atoms with Crippen molar-refractivity contribution < 1.29 is 4.74 Å². The zero-order valence-corrected chi connectivity index (χ0v) is 9.99. The first kappa shape index (κ1) is 10.8. The van der Waals surface area contributed by atoms with E-state index in [1.807, 2.05) is 24.3 Å². The van der Waals surface area contributed by atoms with Crippen molar-refractivity contribution in [3.63, 3.8) is 0 Å². The lowest BCUT2D eigenvalue weighted by atomic mass is 10.1. The number of nitrogens with zero attached hydrogens (tertiary/aromatic N) is 1. The zero-order valence-electron chi connectivity index (χ0n) is 9.99. The second kappa shape index (κ2) is 4.18. The van der Waals surface area contributed by atoms with E-state index in [-0.39, 0.29) is 5.69 Å². The van der Waals surface area contributed by atoms with Gasteiger partial charge in [-0.15, -0.1) is 0 Å². The minimum absolute atomic E-state index is 0.325. The van der Waals surface area contributed by atoms with Crippen LogP contribution >= 0.6 is 0 Å². The molecule has 2 heterocycles. The Labute approximate surface area is 104 Å². The molecule has 0 bridgehead atoms. The molecule has 5 nitrogen and oxygen atoms in total. The highest BCUT2D eigenvalue weighted by atomic mass is 16.5. The van der Waals surface area contributed by atoms with E-state index in [1.165, 1.54) is 0 Å². The lowest BCUT2D eigenvalue weighted by Crippen LogP contribution is -2.13. The largest absolute Gasteiger partial charge is 0.497 e. The lowest BCUT2D eigenvalue weighted by molar-refractivity contribution is 0.415. The number of ether oxygens (including phenoxy) is 1. The van der Waals surface area contributed by atoms with E-state index in [0.29, 0.717) is 5.82 Å². The number of hydrogen-bond acceptors (Lipinski definition) is 4. The van der Waals surface area contributed by atoms with Crippen LogP contribution in [0.3, 0.4) is 0 Å². The molecule has 0 saturated carbocycles. The molecule has 1 aliphatic heterocycles. The topological polar surface area (TPSA) is 67.0 Å². The molecular weight excluding hydrogens is 230 g/mol. The Hall–Kier alpha value is -2.30. The van der Waals surface area contributed by atoms with Gasteiger partial charge in [-0.3, -0.25) is 0 Å². The molecule has 0 fully saturated rings. The van der Waals surface area contributed by atoms with Crippen LogP contribution in [0, 0.1) is 0 Å². The highest BCUT2D eigenvalue weighted by molar-refractivity contribution is 5.70. The minimum atomic E-state index is -0.325. The second-order valence-electron chi connectivity index (χ2n) is 4.15. The first-order valence-electron chi connectivity index (χ1n) is 5.79. The fourth-order valence-corrected chi connectivity index (χ4v) is 2.20. The molecule has 0 radical (unpaired) electrons. The molecule has 2 aromatic rings. The van der Waals surface area contributed by atoms with Gasteiger partial charge in [0.15, 0.2) is 0 Å². The van der Waals surface area contributed by atoms with Gasteiger partial charge in [-0.2, -0.15) is 4.98 Å². The molecule has 18 heavy (non-hydrogen) atoms. The molecule has 1 aromatic carbocycles. The number of nitrogens with one attached hydrogen (secondary N) is 2. The van der Waals surface area contributed by atoms with Crippen LogP contribution in [0.4, 0.5) is 5.82 Å². The van der Waals surface area contributed by atoms with Crippen LogP contribution in [0.15, 0.2) is 29.1 Å². The number of rotatable bonds is 2. The van der Waals surface area contributed by atoms with Crippen molar-refractivity contribution in [3.05, 3.63) is 40.3 Å². The molecule has 0 aliphatic carbocycles. The molecule has 0 unspecified atom stereocenters. The Balaban J connectivity index is 2.13. The van der Waals surface area contributed by atoms with Crippen molar-refractivity contribution in [2.24, 2.45) is 0 Å². The number of anilines is 1. The molecule has 0 atom stereocenters. The van der Waals surface area contributed by atoms with Crippen molar-refractivity contribution in [1.29, 1.82) is 0 Å². The molecule has 0 saturated heterocycles. The Morgan fingerprint density at radius 1 is 1.28 bits per heavy atom. The van der Waals surface area contributed by atoms with Crippen LogP contribution < -0.4 is 15.7 Å². The molecular formula is C13H13N3O2. The molecule has 1 aliphatic rings.